The number of nitrogens with one attached hydrogen (secondary N) is 2. The number of H-pyrrole nitrogens is 2. The molecule has 2 heterocycles. The zero-order valence-electron chi connectivity index (χ0n) is 10.8. The topological polar surface area (TPSA) is 66.6 Å². The van der Waals surface area contributed by atoms with Crippen molar-refractivity contribution in [1.29, 1.82) is 0 Å². The third-order valence-corrected chi connectivity index (χ3v) is 4.06. The Kier molecular flexibility index (Phi) is 3.65. The maximum Gasteiger partial charge on any atom is 0.213 e. The van der Waals surface area contributed by atoms with Gasteiger partial charge in [0.05, 0.1) is 22.2 Å². The number of rotatable bonds is 3. The van der Waals surface area contributed by atoms with Gasteiger partial charge in [-0.3, -0.25) is 10.2 Å². The molecule has 0 amide bonds. The highest BCUT2D eigenvalue weighted by Crippen LogP contribution is 2.34. The number of hydrogen-bond donors (Lipinski definition) is 2. The first kappa shape index (κ1) is 13.4. The molecule has 0 atom stereocenters. The first-order valence-electron chi connectivity index (χ1n) is 5.56. The summed E-state index contributed by atoms with van der Waals surface area (Å²) in [5.74, 6) is 0.722. The molecule has 2 aromatic heterocycles. The van der Waals surface area contributed by atoms with Gasteiger partial charge in [0.1, 0.15) is 0 Å². The van der Waals surface area contributed by atoms with Crippen LogP contribution < -0.4 is 0 Å². The van der Waals surface area contributed by atoms with Crippen LogP contribution in [0.25, 0.3) is 10.7 Å². The van der Waals surface area contributed by atoms with Crippen LogP contribution in [0.3, 0.4) is 0 Å². The first-order valence-corrected chi connectivity index (χ1v) is 6.78. The van der Waals surface area contributed by atoms with E-state index in [1.165, 1.54) is 0 Å². The molecule has 0 fully saturated rings. The minimum absolute atomic E-state index is 0.0124. The number of thiazole rings is 1. The Labute approximate surface area is 115 Å². The fraction of sp³-hybridized carbons (Fsp3) is 0.545. The van der Waals surface area contributed by atoms with Crippen LogP contribution in [0.4, 0.5) is 0 Å². The predicted molar refractivity (Wildman–Crippen MR) is 74.3 cm³/mol. The second-order valence-corrected chi connectivity index (χ2v) is 6.38. The molecule has 2 N–H and O–H groups in total. The Hall–Kier alpha value is -1.05. The Morgan fingerprint density at radius 1 is 1.28 bits per heavy atom. The molecule has 0 aromatic carbocycles. The standard InChI is InChI=1S/C11H16N4OS2/c1-11(2,3)9-12-6(5-16-4)7(18-9)8-13-10(17)15-14-8/h5H2,1-4H3,(H2,13,14,15,17). The zero-order chi connectivity index (χ0) is 13.3. The number of aromatic nitrogens is 4. The van der Waals surface area contributed by atoms with Gasteiger partial charge in [-0.25, -0.2) is 4.98 Å². The Bertz CT molecular complexity index is 591. The monoisotopic (exact) mass is 284 g/mol. The molecule has 0 bridgehead atoms. The van der Waals surface area contributed by atoms with Gasteiger partial charge in [0.25, 0.3) is 0 Å². The maximum atomic E-state index is 5.19. The highest BCUT2D eigenvalue weighted by atomic mass is 32.1. The van der Waals surface area contributed by atoms with Gasteiger partial charge in [-0.1, -0.05) is 20.8 Å². The van der Waals surface area contributed by atoms with Crippen molar-refractivity contribution in [2.45, 2.75) is 32.8 Å². The third-order valence-electron chi connectivity index (χ3n) is 2.34. The van der Waals surface area contributed by atoms with Crippen molar-refractivity contribution < 1.29 is 4.74 Å². The number of aromatic amines is 2. The summed E-state index contributed by atoms with van der Waals surface area (Å²) in [7, 11) is 1.66. The van der Waals surface area contributed by atoms with Crippen molar-refractivity contribution in [3.63, 3.8) is 0 Å². The fourth-order valence-corrected chi connectivity index (χ4v) is 2.68. The Balaban J connectivity index is 2.51. The number of hydrogen-bond acceptors (Lipinski definition) is 5. The lowest BCUT2D eigenvalue weighted by Crippen LogP contribution is -2.10. The lowest BCUT2D eigenvalue weighted by molar-refractivity contribution is 0.182. The minimum atomic E-state index is 0.0124. The van der Waals surface area contributed by atoms with E-state index in [-0.39, 0.29) is 5.41 Å². The van der Waals surface area contributed by atoms with Gasteiger partial charge in [0.2, 0.25) is 4.77 Å². The van der Waals surface area contributed by atoms with Crippen molar-refractivity contribution in [3.8, 4) is 10.7 Å². The van der Waals surface area contributed by atoms with Crippen LogP contribution in [0.1, 0.15) is 31.5 Å². The maximum absolute atomic E-state index is 5.19. The molecule has 98 valence electrons. The van der Waals surface area contributed by atoms with E-state index >= 15 is 0 Å². The molecule has 18 heavy (non-hydrogen) atoms. The van der Waals surface area contributed by atoms with E-state index in [9.17, 15) is 0 Å². The summed E-state index contributed by atoms with van der Waals surface area (Å²) in [6.45, 7) is 6.88. The smallest absolute Gasteiger partial charge is 0.213 e. The average Bonchev–Trinajstić information content (AvgIpc) is 2.84. The van der Waals surface area contributed by atoms with E-state index in [4.69, 9.17) is 17.0 Å². The van der Waals surface area contributed by atoms with Gasteiger partial charge in [-0.15, -0.1) is 11.3 Å². The Morgan fingerprint density at radius 2 is 2.00 bits per heavy atom. The normalized spacial score (nSPS) is 12.0. The van der Waals surface area contributed by atoms with Crippen molar-refractivity contribution >= 4 is 23.6 Å². The molecular weight excluding hydrogens is 268 g/mol. The molecular formula is C11H16N4OS2. The molecule has 0 saturated carbocycles. The van der Waals surface area contributed by atoms with Crippen LogP contribution in [0.2, 0.25) is 0 Å². The van der Waals surface area contributed by atoms with Crippen molar-refractivity contribution in [2.24, 2.45) is 0 Å². The van der Waals surface area contributed by atoms with Crippen LogP contribution in [0, 0.1) is 4.77 Å². The lowest BCUT2D eigenvalue weighted by Gasteiger charge is -2.13. The van der Waals surface area contributed by atoms with Crippen molar-refractivity contribution in [2.75, 3.05) is 7.11 Å². The zero-order valence-corrected chi connectivity index (χ0v) is 12.5. The summed E-state index contributed by atoms with van der Waals surface area (Å²) in [5.41, 5.74) is 0.906. The second kappa shape index (κ2) is 4.91. The minimum Gasteiger partial charge on any atom is -0.378 e. The summed E-state index contributed by atoms with van der Waals surface area (Å²) in [4.78, 5) is 9.86. The van der Waals surface area contributed by atoms with Crippen LogP contribution in [0.5, 0.6) is 0 Å². The van der Waals surface area contributed by atoms with Gasteiger partial charge in [-0.2, -0.15) is 4.98 Å². The summed E-state index contributed by atoms with van der Waals surface area (Å²) in [5, 5.41) is 6.82. The van der Waals surface area contributed by atoms with E-state index in [1.807, 2.05) is 0 Å². The molecule has 2 rings (SSSR count). The van der Waals surface area contributed by atoms with E-state index in [0.29, 0.717) is 11.4 Å². The van der Waals surface area contributed by atoms with Gasteiger partial charge in [0.15, 0.2) is 5.82 Å². The van der Waals surface area contributed by atoms with Gasteiger partial charge in [-0.05, 0) is 12.2 Å². The summed E-state index contributed by atoms with van der Waals surface area (Å²) in [6, 6.07) is 0. The largest absolute Gasteiger partial charge is 0.378 e. The molecule has 7 heteroatoms. The third kappa shape index (κ3) is 2.68. The molecule has 0 aliphatic carbocycles. The molecule has 0 aliphatic heterocycles. The average molecular weight is 284 g/mol. The predicted octanol–water partition coefficient (Wildman–Crippen LogP) is 3.03. The number of nitrogens with zero attached hydrogens (tertiary/aromatic N) is 2. The molecule has 0 radical (unpaired) electrons. The molecule has 0 unspecified atom stereocenters. The van der Waals surface area contributed by atoms with Crippen LogP contribution in [0.15, 0.2) is 0 Å². The molecule has 0 aliphatic rings. The van der Waals surface area contributed by atoms with Crippen LogP contribution in [-0.4, -0.2) is 27.3 Å². The van der Waals surface area contributed by atoms with Gasteiger partial charge >= 0.3 is 0 Å². The van der Waals surface area contributed by atoms with Gasteiger partial charge in [0, 0.05) is 12.5 Å². The Morgan fingerprint density at radius 3 is 2.50 bits per heavy atom. The van der Waals surface area contributed by atoms with Gasteiger partial charge < -0.3 is 4.74 Å². The van der Waals surface area contributed by atoms with E-state index < -0.39 is 0 Å². The highest BCUT2D eigenvalue weighted by Gasteiger charge is 2.23. The molecule has 0 spiro atoms. The fourth-order valence-electron chi connectivity index (χ4n) is 1.47. The second-order valence-electron chi connectivity index (χ2n) is 4.99. The van der Waals surface area contributed by atoms with Crippen LogP contribution in [-0.2, 0) is 16.8 Å². The molecule has 0 saturated heterocycles. The quantitative estimate of drug-likeness (QED) is 0.850. The molecule has 5 nitrogen and oxygen atoms in total. The van der Waals surface area contributed by atoms with Crippen molar-refractivity contribution in [3.05, 3.63) is 15.5 Å². The van der Waals surface area contributed by atoms with Crippen LogP contribution >= 0.6 is 23.6 Å². The lowest BCUT2D eigenvalue weighted by atomic mass is 9.98. The summed E-state index contributed by atoms with van der Waals surface area (Å²) < 4.78 is 5.63. The number of ether oxygens (including phenoxy) is 1. The molecule has 2 aromatic rings. The number of methoxy groups -OCH3 is 1. The first-order chi connectivity index (χ1) is 8.41. The van der Waals surface area contributed by atoms with Crippen molar-refractivity contribution in [1.82, 2.24) is 20.2 Å². The van der Waals surface area contributed by atoms with E-state index in [0.717, 1.165) is 21.4 Å². The highest BCUT2D eigenvalue weighted by molar-refractivity contribution is 7.71. The SMILES string of the molecule is COCc1nc(C(C)(C)C)sc1-c1nc(=S)[nH][nH]1. The van der Waals surface area contributed by atoms with E-state index in [1.54, 1.807) is 18.4 Å². The summed E-state index contributed by atoms with van der Waals surface area (Å²) in [6.07, 6.45) is 0. The summed E-state index contributed by atoms with van der Waals surface area (Å²) >= 11 is 6.60. The van der Waals surface area contributed by atoms with E-state index in [2.05, 4.69) is 40.9 Å².